The first-order chi connectivity index (χ1) is 12.9. The van der Waals surface area contributed by atoms with Gasteiger partial charge in [-0.3, -0.25) is 9.59 Å². The van der Waals surface area contributed by atoms with Crippen molar-refractivity contribution in [3.05, 3.63) is 46.9 Å². The van der Waals surface area contributed by atoms with Gasteiger partial charge in [-0.1, -0.05) is 6.07 Å². The van der Waals surface area contributed by atoms with Crippen LogP contribution in [-0.2, 0) is 11.2 Å². The molecule has 7 nitrogen and oxygen atoms in total. The number of carbonyl (C=O) groups is 2. The molecule has 0 unspecified atom stereocenters. The van der Waals surface area contributed by atoms with Gasteiger partial charge < -0.3 is 24.5 Å². The summed E-state index contributed by atoms with van der Waals surface area (Å²) in [5.41, 5.74) is 1.54. The molecule has 0 atom stereocenters. The van der Waals surface area contributed by atoms with Crippen LogP contribution in [0.4, 0.5) is 0 Å². The van der Waals surface area contributed by atoms with Gasteiger partial charge in [0.15, 0.2) is 11.5 Å². The van der Waals surface area contributed by atoms with Crippen LogP contribution in [0.15, 0.2) is 28.7 Å². The Morgan fingerprint density at radius 1 is 1.00 bits per heavy atom. The lowest BCUT2D eigenvalue weighted by Crippen LogP contribution is -2.31. The number of ether oxygens (including phenoxy) is 2. The van der Waals surface area contributed by atoms with E-state index >= 15 is 0 Å². The predicted molar refractivity (Wildman–Crippen MR) is 101 cm³/mol. The van der Waals surface area contributed by atoms with Gasteiger partial charge in [0.2, 0.25) is 5.91 Å². The number of benzene rings is 1. The molecule has 1 aromatic carbocycles. The second-order valence-corrected chi connectivity index (χ2v) is 6.12. The lowest BCUT2D eigenvalue weighted by molar-refractivity contribution is -0.120. The quantitative estimate of drug-likeness (QED) is 0.703. The van der Waals surface area contributed by atoms with Gasteiger partial charge in [0.25, 0.3) is 5.91 Å². The molecule has 0 spiro atoms. The zero-order chi connectivity index (χ0) is 19.8. The maximum absolute atomic E-state index is 12.0. The Labute approximate surface area is 159 Å². The monoisotopic (exact) mass is 374 g/mol. The molecule has 7 heteroatoms. The summed E-state index contributed by atoms with van der Waals surface area (Å²) in [4.78, 5) is 24.0. The summed E-state index contributed by atoms with van der Waals surface area (Å²) in [5.74, 6) is 2.24. The second kappa shape index (κ2) is 9.66. The minimum absolute atomic E-state index is 0.115. The molecule has 2 N–H and O–H groups in total. The van der Waals surface area contributed by atoms with E-state index in [0.717, 1.165) is 5.56 Å². The number of hydrogen-bond acceptors (Lipinski definition) is 5. The molecule has 0 radical (unpaired) electrons. The van der Waals surface area contributed by atoms with E-state index in [1.807, 2.05) is 18.2 Å². The molecular formula is C20H26N2O5. The van der Waals surface area contributed by atoms with Crippen LogP contribution in [0.25, 0.3) is 0 Å². The van der Waals surface area contributed by atoms with Crippen molar-refractivity contribution in [2.45, 2.75) is 26.7 Å². The summed E-state index contributed by atoms with van der Waals surface area (Å²) < 4.78 is 15.8. The van der Waals surface area contributed by atoms with E-state index in [4.69, 9.17) is 13.9 Å². The Kier molecular flexibility index (Phi) is 7.28. The highest BCUT2D eigenvalue weighted by Crippen LogP contribution is 2.27. The van der Waals surface area contributed by atoms with Crippen LogP contribution in [-0.4, -0.2) is 39.1 Å². The van der Waals surface area contributed by atoms with Crippen LogP contribution >= 0.6 is 0 Å². The minimum atomic E-state index is -0.234. The first-order valence-electron chi connectivity index (χ1n) is 8.77. The molecule has 0 saturated carbocycles. The fourth-order valence-electron chi connectivity index (χ4n) is 2.71. The molecule has 0 aliphatic rings. The molecule has 0 saturated heterocycles. The second-order valence-electron chi connectivity index (χ2n) is 6.12. The SMILES string of the molecule is COc1ccc(CCNC(=O)CCNC(=O)c2cc(C)oc2C)cc1OC. The fourth-order valence-corrected chi connectivity index (χ4v) is 2.71. The van der Waals surface area contributed by atoms with Crippen molar-refractivity contribution < 1.29 is 23.5 Å². The smallest absolute Gasteiger partial charge is 0.254 e. The normalized spacial score (nSPS) is 10.4. The van der Waals surface area contributed by atoms with Crippen molar-refractivity contribution in [1.29, 1.82) is 0 Å². The standard InChI is InChI=1S/C20H26N2O5/c1-13-11-16(14(2)27-13)20(24)22-10-8-19(23)21-9-7-15-5-6-17(25-3)18(12-15)26-4/h5-6,11-12H,7-10H2,1-4H3,(H,21,23)(H,22,24). The molecular weight excluding hydrogens is 348 g/mol. The summed E-state index contributed by atoms with van der Waals surface area (Å²) in [6.45, 7) is 4.30. The summed E-state index contributed by atoms with van der Waals surface area (Å²) in [6.07, 6.45) is 0.888. The van der Waals surface area contributed by atoms with Gasteiger partial charge in [0, 0.05) is 19.5 Å². The van der Waals surface area contributed by atoms with Gasteiger partial charge in [-0.2, -0.15) is 0 Å². The number of rotatable bonds is 9. The van der Waals surface area contributed by atoms with Gasteiger partial charge in [-0.25, -0.2) is 0 Å². The zero-order valence-electron chi connectivity index (χ0n) is 16.2. The highest BCUT2D eigenvalue weighted by Gasteiger charge is 2.13. The third-order valence-electron chi connectivity index (χ3n) is 4.11. The van der Waals surface area contributed by atoms with E-state index in [1.54, 1.807) is 34.1 Å². The van der Waals surface area contributed by atoms with Crippen LogP contribution < -0.4 is 20.1 Å². The van der Waals surface area contributed by atoms with Crippen LogP contribution in [0.2, 0.25) is 0 Å². The van der Waals surface area contributed by atoms with Crippen molar-refractivity contribution in [1.82, 2.24) is 10.6 Å². The molecule has 0 fully saturated rings. The summed E-state index contributed by atoms with van der Waals surface area (Å²) >= 11 is 0. The number of amides is 2. The number of nitrogens with one attached hydrogen (secondary N) is 2. The summed E-state index contributed by atoms with van der Waals surface area (Å²) in [5, 5.41) is 5.58. The van der Waals surface area contributed by atoms with E-state index in [0.29, 0.717) is 41.5 Å². The minimum Gasteiger partial charge on any atom is -0.493 e. The topological polar surface area (TPSA) is 89.8 Å². The average Bonchev–Trinajstić information content (AvgIpc) is 2.99. The maximum Gasteiger partial charge on any atom is 0.254 e. The third kappa shape index (κ3) is 5.77. The van der Waals surface area contributed by atoms with Gasteiger partial charge in [-0.05, 0) is 44.0 Å². The Morgan fingerprint density at radius 2 is 1.74 bits per heavy atom. The Hall–Kier alpha value is -2.96. The maximum atomic E-state index is 12.0. The van der Waals surface area contributed by atoms with Gasteiger partial charge in [0.05, 0.1) is 19.8 Å². The number of aryl methyl sites for hydroxylation is 2. The molecule has 1 aromatic heterocycles. The summed E-state index contributed by atoms with van der Waals surface area (Å²) in [6, 6.07) is 7.35. The van der Waals surface area contributed by atoms with Crippen LogP contribution in [0.3, 0.4) is 0 Å². The van der Waals surface area contributed by atoms with Gasteiger partial charge >= 0.3 is 0 Å². The van der Waals surface area contributed by atoms with Crippen molar-refractivity contribution >= 4 is 11.8 Å². The Balaban J connectivity index is 1.70. The molecule has 2 amide bonds. The lowest BCUT2D eigenvalue weighted by atomic mass is 10.1. The van der Waals surface area contributed by atoms with Crippen LogP contribution in [0, 0.1) is 13.8 Å². The highest BCUT2D eigenvalue weighted by atomic mass is 16.5. The lowest BCUT2D eigenvalue weighted by Gasteiger charge is -2.10. The first kappa shape index (κ1) is 20.4. The van der Waals surface area contributed by atoms with Crippen molar-refractivity contribution in [2.75, 3.05) is 27.3 Å². The largest absolute Gasteiger partial charge is 0.493 e. The van der Waals surface area contributed by atoms with Crippen molar-refractivity contribution in [3.63, 3.8) is 0 Å². The first-order valence-corrected chi connectivity index (χ1v) is 8.77. The van der Waals surface area contributed by atoms with Crippen LogP contribution in [0.5, 0.6) is 11.5 Å². The van der Waals surface area contributed by atoms with E-state index in [1.165, 1.54) is 0 Å². The van der Waals surface area contributed by atoms with E-state index in [9.17, 15) is 9.59 Å². The predicted octanol–water partition coefficient (Wildman–Crippen LogP) is 2.39. The number of hydrogen-bond donors (Lipinski definition) is 2. The van der Waals surface area contributed by atoms with Gasteiger partial charge in [-0.15, -0.1) is 0 Å². The van der Waals surface area contributed by atoms with Crippen molar-refractivity contribution in [2.24, 2.45) is 0 Å². The molecule has 0 aliphatic carbocycles. The van der Waals surface area contributed by atoms with E-state index < -0.39 is 0 Å². The number of methoxy groups -OCH3 is 2. The van der Waals surface area contributed by atoms with Crippen molar-refractivity contribution in [3.8, 4) is 11.5 Å². The third-order valence-corrected chi connectivity index (χ3v) is 4.11. The molecule has 2 aromatic rings. The van der Waals surface area contributed by atoms with Crippen LogP contribution in [0.1, 0.15) is 33.9 Å². The number of furan rings is 1. The zero-order valence-corrected chi connectivity index (χ0v) is 16.2. The molecule has 27 heavy (non-hydrogen) atoms. The van der Waals surface area contributed by atoms with Gasteiger partial charge in [0.1, 0.15) is 11.5 Å². The Morgan fingerprint density at radius 3 is 2.37 bits per heavy atom. The summed E-state index contributed by atoms with van der Waals surface area (Å²) in [7, 11) is 3.18. The number of carbonyl (C=O) groups excluding carboxylic acids is 2. The van der Waals surface area contributed by atoms with E-state index in [-0.39, 0.29) is 24.8 Å². The Bertz CT molecular complexity index is 798. The van der Waals surface area contributed by atoms with E-state index in [2.05, 4.69) is 10.6 Å². The molecule has 2 rings (SSSR count). The molecule has 146 valence electrons. The highest BCUT2D eigenvalue weighted by molar-refractivity contribution is 5.95. The molecule has 1 heterocycles. The molecule has 0 aliphatic heterocycles. The molecule has 0 bridgehead atoms. The fraction of sp³-hybridized carbons (Fsp3) is 0.400. The average molecular weight is 374 g/mol.